The summed E-state index contributed by atoms with van der Waals surface area (Å²) in [6, 6.07) is 0. The van der Waals surface area contributed by atoms with Crippen molar-refractivity contribution >= 4 is 31.9 Å². The topological polar surface area (TPSA) is 35.5 Å². The van der Waals surface area contributed by atoms with Crippen LogP contribution in [0.2, 0.25) is 0 Å². The largest absolute Gasteiger partial charge is 0.388 e. The normalized spacial score (nSPS) is 25.6. The summed E-state index contributed by atoms with van der Waals surface area (Å²) in [7, 11) is 2.18. The summed E-state index contributed by atoms with van der Waals surface area (Å²) in [5.74, 6) is 0.665. The molecule has 0 saturated heterocycles. The first kappa shape index (κ1) is 26.1. The lowest BCUT2D eigenvalue weighted by atomic mass is 9.69. The van der Waals surface area contributed by atoms with E-state index in [9.17, 15) is 5.11 Å². The maximum Gasteiger partial charge on any atom is 0.0833 e. The van der Waals surface area contributed by atoms with Crippen LogP contribution < -0.4 is 5.32 Å². The van der Waals surface area contributed by atoms with E-state index in [0.29, 0.717) is 5.92 Å². The van der Waals surface area contributed by atoms with Gasteiger partial charge in [0.1, 0.15) is 0 Å². The van der Waals surface area contributed by atoms with E-state index in [1.807, 2.05) is 0 Å². The van der Waals surface area contributed by atoms with Gasteiger partial charge in [-0.15, -0.1) is 0 Å². The molecule has 0 spiro atoms. The maximum absolute atomic E-state index is 11.0. The van der Waals surface area contributed by atoms with Crippen LogP contribution in [0.25, 0.3) is 0 Å². The molecule has 0 heterocycles. The van der Waals surface area contributed by atoms with Crippen molar-refractivity contribution in [2.45, 2.75) is 54.1 Å². The van der Waals surface area contributed by atoms with Crippen LogP contribution in [-0.2, 0) is 0 Å². The molecule has 0 fully saturated rings. The van der Waals surface area contributed by atoms with Crippen molar-refractivity contribution in [3.63, 3.8) is 0 Å². The summed E-state index contributed by atoms with van der Waals surface area (Å²) < 4.78 is 2.41. The number of allylic oxidation sites excluding steroid dienone is 5. The summed E-state index contributed by atoms with van der Waals surface area (Å²) in [6.07, 6.45) is 9.58. The van der Waals surface area contributed by atoms with Gasteiger partial charge in [0.2, 0.25) is 0 Å². The molecule has 30 heavy (non-hydrogen) atoms. The third-order valence-corrected chi connectivity index (χ3v) is 7.02. The zero-order chi connectivity index (χ0) is 22.7. The lowest BCUT2D eigenvalue weighted by Crippen LogP contribution is -2.39. The predicted molar refractivity (Wildman–Crippen MR) is 137 cm³/mol. The lowest BCUT2D eigenvalue weighted by Gasteiger charge is -2.39. The monoisotopic (exact) mass is 542 g/mol. The van der Waals surface area contributed by atoms with Crippen molar-refractivity contribution in [1.29, 1.82) is 0 Å². The molecular weight excluding hydrogens is 504 g/mol. The second-order valence-electron chi connectivity index (χ2n) is 11.0. The van der Waals surface area contributed by atoms with Crippen LogP contribution in [0.4, 0.5) is 0 Å². The number of rotatable bonds is 7. The first-order valence-electron chi connectivity index (χ1n) is 11.0. The molecule has 2 aliphatic rings. The smallest absolute Gasteiger partial charge is 0.0833 e. The Morgan fingerprint density at radius 2 is 1.77 bits per heavy atom. The van der Waals surface area contributed by atoms with Crippen molar-refractivity contribution < 1.29 is 5.11 Å². The van der Waals surface area contributed by atoms with Crippen LogP contribution in [-0.4, -0.2) is 49.3 Å². The molecule has 2 rings (SSSR count). The Balaban J connectivity index is 1.89. The first-order valence-corrected chi connectivity index (χ1v) is 12.6. The minimum absolute atomic E-state index is 0.0279. The molecule has 170 valence electrons. The highest BCUT2D eigenvalue weighted by molar-refractivity contribution is 9.12. The number of aliphatic hydroxyl groups excluding tert-OH is 1. The van der Waals surface area contributed by atoms with Crippen LogP contribution in [0.1, 0.15) is 48.0 Å². The molecule has 0 bridgehead atoms. The van der Waals surface area contributed by atoms with Gasteiger partial charge in [-0.25, -0.2) is 0 Å². The molecule has 3 nitrogen and oxygen atoms in total. The van der Waals surface area contributed by atoms with Crippen molar-refractivity contribution in [2.75, 3.05) is 33.2 Å². The van der Waals surface area contributed by atoms with Crippen LogP contribution in [0.5, 0.6) is 0 Å². The number of nitrogens with one attached hydrogen (secondary N) is 1. The third kappa shape index (κ3) is 7.74. The molecule has 0 aliphatic heterocycles. The fraction of sp³-hybridized carbons (Fsp3) is 0.680. The lowest BCUT2D eigenvalue weighted by molar-refractivity contribution is 0.0935. The summed E-state index contributed by atoms with van der Waals surface area (Å²) >= 11 is 7.23. The predicted octanol–water partition coefficient (Wildman–Crippen LogP) is 6.02. The van der Waals surface area contributed by atoms with Gasteiger partial charge >= 0.3 is 0 Å². The molecule has 0 radical (unpaired) electrons. The Morgan fingerprint density at radius 3 is 2.33 bits per heavy atom. The third-order valence-electron chi connectivity index (χ3n) is 5.98. The molecule has 3 atom stereocenters. The summed E-state index contributed by atoms with van der Waals surface area (Å²) in [5.41, 5.74) is 2.55. The molecule has 3 unspecified atom stereocenters. The van der Waals surface area contributed by atoms with Crippen LogP contribution in [0.15, 0.2) is 44.4 Å². The second-order valence-corrected chi connectivity index (χ2v) is 12.9. The molecule has 2 aliphatic carbocycles. The Labute approximate surface area is 201 Å². The van der Waals surface area contributed by atoms with Gasteiger partial charge in [-0.2, -0.15) is 0 Å². The van der Waals surface area contributed by atoms with E-state index in [1.54, 1.807) is 0 Å². The Kier molecular flexibility index (Phi) is 9.22. The fourth-order valence-electron chi connectivity index (χ4n) is 4.10. The molecular formula is C25H40Br2N2O. The van der Waals surface area contributed by atoms with Crippen LogP contribution in [0, 0.1) is 22.7 Å². The van der Waals surface area contributed by atoms with E-state index >= 15 is 0 Å². The summed E-state index contributed by atoms with van der Waals surface area (Å²) in [5, 5.41) is 14.6. The molecule has 0 amide bonds. The highest BCUT2D eigenvalue weighted by Gasteiger charge is 2.35. The van der Waals surface area contributed by atoms with Crippen molar-refractivity contribution in [3.05, 3.63) is 44.4 Å². The average Bonchev–Trinajstić information content (AvgIpc) is 2.56. The quantitative estimate of drug-likeness (QED) is 0.385. The number of halogens is 2. The molecule has 0 aromatic rings. The second kappa shape index (κ2) is 10.6. The van der Waals surface area contributed by atoms with Gasteiger partial charge in [-0.05, 0) is 51.9 Å². The standard InChI is InChI=1S/C25H40Br2N2O/c1-24(2,3)19-12-18(23(30)22(13-19)25(4,5)6)15-28-8-9-29(7)16-17-10-20(26)14-21(27)11-17/h10,12-14,17,22-23,28,30H,8-9,11,15-16H2,1-7H3. The average molecular weight is 544 g/mol. The van der Waals surface area contributed by atoms with Gasteiger partial charge < -0.3 is 15.3 Å². The van der Waals surface area contributed by atoms with Gasteiger partial charge in [-0.1, -0.05) is 91.6 Å². The SMILES string of the molecule is CN(CCNCC1=CC(C(C)(C)C)=CC(C(C)(C)C)C1O)CC1C=C(Br)C=C(Br)C1. The van der Waals surface area contributed by atoms with Crippen LogP contribution >= 0.6 is 31.9 Å². The van der Waals surface area contributed by atoms with Gasteiger partial charge in [0, 0.05) is 36.6 Å². The number of aliphatic hydroxyl groups is 1. The molecule has 0 saturated carbocycles. The van der Waals surface area contributed by atoms with E-state index < -0.39 is 6.10 Å². The van der Waals surface area contributed by atoms with E-state index in [0.717, 1.165) is 42.7 Å². The first-order chi connectivity index (χ1) is 13.8. The van der Waals surface area contributed by atoms with Crippen molar-refractivity contribution in [3.8, 4) is 0 Å². The van der Waals surface area contributed by atoms with Gasteiger partial charge in [0.15, 0.2) is 0 Å². The van der Waals surface area contributed by atoms with E-state index in [4.69, 9.17) is 0 Å². The minimum Gasteiger partial charge on any atom is -0.388 e. The highest BCUT2D eigenvalue weighted by atomic mass is 79.9. The highest BCUT2D eigenvalue weighted by Crippen LogP contribution is 2.40. The molecule has 0 aromatic carbocycles. The zero-order valence-electron chi connectivity index (χ0n) is 19.7. The van der Waals surface area contributed by atoms with Crippen molar-refractivity contribution in [1.82, 2.24) is 10.2 Å². The minimum atomic E-state index is -0.421. The van der Waals surface area contributed by atoms with Gasteiger partial charge in [-0.3, -0.25) is 0 Å². The van der Waals surface area contributed by atoms with Gasteiger partial charge in [0.25, 0.3) is 0 Å². The zero-order valence-corrected chi connectivity index (χ0v) is 22.9. The Bertz CT molecular complexity index is 722. The van der Waals surface area contributed by atoms with E-state index in [-0.39, 0.29) is 16.7 Å². The van der Waals surface area contributed by atoms with E-state index in [1.165, 1.54) is 10.1 Å². The molecule has 5 heteroatoms. The number of hydrogen-bond donors (Lipinski definition) is 2. The van der Waals surface area contributed by atoms with E-state index in [2.05, 4.69) is 115 Å². The molecule has 2 N–H and O–H groups in total. The van der Waals surface area contributed by atoms with Crippen LogP contribution in [0.3, 0.4) is 0 Å². The van der Waals surface area contributed by atoms with Gasteiger partial charge in [0.05, 0.1) is 6.10 Å². The summed E-state index contributed by atoms with van der Waals surface area (Å²) in [4.78, 5) is 2.38. The number of likely N-dealkylation sites (N-methyl/N-ethyl adjacent to an activating group) is 1. The van der Waals surface area contributed by atoms with Crippen molar-refractivity contribution in [2.24, 2.45) is 22.7 Å². The Morgan fingerprint density at radius 1 is 1.10 bits per heavy atom. The number of nitrogens with zero attached hydrogens (tertiary/aromatic N) is 1. The number of hydrogen-bond acceptors (Lipinski definition) is 3. The molecule has 0 aromatic heterocycles. The summed E-state index contributed by atoms with van der Waals surface area (Å²) in [6.45, 7) is 17.1. The maximum atomic E-state index is 11.0. The fourth-order valence-corrected chi connectivity index (χ4v) is 5.72. The Hall–Kier alpha value is -0.200.